The van der Waals surface area contributed by atoms with E-state index in [9.17, 15) is 9.59 Å². The molecule has 0 amide bonds. The van der Waals surface area contributed by atoms with Gasteiger partial charge in [0.15, 0.2) is 11.6 Å². The monoisotopic (exact) mass is 366 g/mol. The minimum Gasteiger partial charge on any atom is -0.383 e. The Hall–Kier alpha value is -1.72. The van der Waals surface area contributed by atoms with Crippen molar-refractivity contribution in [3.8, 4) is 0 Å². The Balaban J connectivity index is 2.02. The average Bonchev–Trinajstić information content (AvgIpc) is 2.47. The Morgan fingerprint density at radius 2 is 1.76 bits per heavy atom. The zero-order valence-electron chi connectivity index (χ0n) is 11.0. The summed E-state index contributed by atoms with van der Waals surface area (Å²) in [7, 11) is 0. The van der Waals surface area contributed by atoms with Gasteiger partial charge in [0.05, 0.1) is 5.56 Å². The normalized spacial score (nSPS) is 10.4. The number of carbonyl (C=O) groups excluding carboxylic acids is 2. The fourth-order valence-corrected chi connectivity index (χ4v) is 2.27. The van der Waals surface area contributed by atoms with Gasteiger partial charge in [-0.25, -0.2) is 4.98 Å². The Morgan fingerprint density at radius 3 is 2.43 bits per heavy atom. The van der Waals surface area contributed by atoms with E-state index in [0.717, 1.165) is 0 Å². The largest absolute Gasteiger partial charge is 0.383 e. The van der Waals surface area contributed by atoms with Gasteiger partial charge in [-0.1, -0.05) is 11.6 Å². The van der Waals surface area contributed by atoms with Crippen molar-refractivity contribution in [2.75, 3.05) is 5.73 Å². The number of hydrogen-bond acceptors (Lipinski definition) is 4. The summed E-state index contributed by atoms with van der Waals surface area (Å²) < 4.78 is 0.670. The van der Waals surface area contributed by atoms with Crippen LogP contribution in [-0.4, -0.2) is 16.6 Å². The van der Waals surface area contributed by atoms with E-state index in [1.807, 2.05) is 0 Å². The van der Waals surface area contributed by atoms with Gasteiger partial charge in [-0.15, -0.1) is 0 Å². The van der Waals surface area contributed by atoms with Gasteiger partial charge in [-0.05, 0) is 46.3 Å². The fourth-order valence-electron chi connectivity index (χ4n) is 1.82. The van der Waals surface area contributed by atoms with Crippen LogP contribution < -0.4 is 5.73 Å². The summed E-state index contributed by atoms with van der Waals surface area (Å²) in [6.45, 7) is 0. The summed E-state index contributed by atoms with van der Waals surface area (Å²) in [5.74, 6) is -0.146. The number of carbonyl (C=O) groups is 2. The summed E-state index contributed by atoms with van der Waals surface area (Å²) in [5, 5.41) is 0.565. The molecule has 0 saturated carbocycles. The lowest BCUT2D eigenvalue weighted by Crippen LogP contribution is -2.08. The summed E-state index contributed by atoms with van der Waals surface area (Å²) >= 11 is 9.00. The van der Waals surface area contributed by atoms with Crippen molar-refractivity contribution >= 4 is 44.9 Å². The molecular weight excluding hydrogens is 356 g/mol. The molecule has 2 N–H and O–H groups in total. The lowest BCUT2D eigenvalue weighted by molar-refractivity contribution is 0.0917. The van der Waals surface area contributed by atoms with Crippen molar-refractivity contribution < 1.29 is 9.59 Å². The highest BCUT2D eigenvalue weighted by atomic mass is 79.9. The van der Waals surface area contributed by atoms with Crippen molar-refractivity contribution in [3.63, 3.8) is 0 Å². The number of rotatable bonds is 5. The number of aromatic nitrogens is 1. The molecule has 0 atom stereocenters. The number of ketones is 2. The van der Waals surface area contributed by atoms with Gasteiger partial charge < -0.3 is 5.73 Å². The second-order valence-corrected chi connectivity index (χ2v) is 5.79. The Morgan fingerprint density at radius 1 is 1.14 bits per heavy atom. The molecule has 21 heavy (non-hydrogen) atoms. The minimum absolute atomic E-state index is 0.0871. The summed E-state index contributed by atoms with van der Waals surface area (Å²) in [4.78, 5) is 28.0. The second kappa shape index (κ2) is 6.83. The average molecular weight is 368 g/mol. The van der Waals surface area contributed by atoms with Crippen LogP contribution in [0.15, 0.2) is 41.0 Å². The lowest BCUT2D eigenvalue weighted by atomic mass is 10.0. The van der Waals surface area contributed by atoms with Gasteiger partial charge in [0.2, 0.25) is 0 Å². The number of anilines is 1. The molecule has 2 rings (SSSR count). The first-order chi connectivity index (χ1) is 9.97. The zero-order valence-corrected chi connectivity index (χ0v) is 13.3. The number of Topliss-reactive ketones (excluding diaryl/α,β-unsaturated/α-hetero) is 2. The molecule has 0 aliphatic carbocycles. The van der Waals surface area contributed by atoms with Crippen LogP contribution in [0.4, 0.5) is 5.82 Å². The fraction of sp³-hybridized carbons (Fsp3) is 0.133. The van der Waals surface area contributed by atoms with Crippen molar-refractivity contribution in [2.24, 2.45) is 0 Å². The van der Waals surface area contributed by atoms with Crippen LogP contribution in [0.1, 0.15) is 33.6 Å². The van der Waals surface area contributed by atoms with Crippen LogP contribution in [0.3, 0.4) is 0 Å². The predicted octanol–water partition coefficient (Wildman–Crippen LogP) is 3.93. The first kappa shape index (κ1) is 15.7. The van der Waals surface area contributed by atoms with Gasteiger partial charge in [0, 0.05) is 34.1 Å². The Kier molecular flexibility index (Phi) is 5.09. The maximum absolute atomic E-state index is 12.1. The third-order valence-electron chi connectivity index (χ3n) is 2.93. The van der Waals surface area contributed by atoms with Gasteiger partial charge in [0.25, 0.3) is 0 Å². The number of hydrogen-bond donors (Lipinski definition) is 1. The van der Waals surface area contributed by atoms with E-state index in [1.54, 1.807) is 30.3 Å². The molecule has 0 unspecified atom stereocenters. The standard InChI is InChI=1S/C15H12BrClN2O2/c16-10-7-12(15(18)19-8-10)14(21)6-5-13(20)9-1-3-11(17)4-2-9/h1-4,7-8H,5-6H2,(H2,18,19). The number of nitrogens with two attached hydrogens (primary N) is 1. The number of nitrogen functional groups attached to an aromatic ring is 1. The molecule has 0 aliphatic heterocycles. The van der Waals surface area contributed by atoms with Crippen LogP contribution in [0.25, 0.3) is 0 Å². The molecule has 1 heterocycles. The SMILES string of the molecule is Nc1ncc(Br)cc1C(=O)CCC(=O)c1ccc(Cl)cc1. The van der Waals surface area contributed by atoms with E-state index >= 15 is 0 Å². The molecule has 4 nitrogen and oxygen atoms in total. The van der Waals surface area contributed by atoms with Crippen LogP contribution in [-0.2, 0) is 0 Å². The van der Waals surface area contributed by atoms with Gasteiger partial charge in [-0.3, -0.25) is 9.59 Å². The van der Waals surface area contributed by atoms with Crippen LogP contribution in [0, 0.1) is 0 Å². The molecule has 6 heteroatoms. The van der Waals surface area contributed by atoms with Crippen LogP contribution in [0.2, 0.25) is 5.02 Å². The lowest BCUT2D eigenvalue weighted by Gasteiger charge is -2.05. The van der Waals surface area contributed by atoms with E-state index < -0.39 is 0 Å². The molecule has 0 saturated heterocycles. The molecule has 2 aromatic rings. The quantitative estimate of drug-likeness (QED) is 0.813. The van der Waals surface area contributed by atoms with Crippen LogP contribution >= 0.6 is 27.5 Å². The third-order valence-corrected chi connectivity index (χ3v) is 3.62. The third kappa shape index (κ3) is 4.12. The molecule has 0 spiro atoms. The smallest absolute Gasteiger partial charge is 0.167 e. The molecule has 0 fully saturated rings. The second-order valence-electron chi connectivity index (χ2n) is 4.44. The van der Waals surface area contributed by atoms with E-state index in [0.29, 0.717) is 20.6 Å². The molecule has 1 aromatic carbocycles. The molecule has 0 aliphatic rings. The van der Waals surface area contributed by atoms with Crippen molar-refractivity contribution in [2.45, 2.75) is 12.8 Å². The minimum atomic E-state index is -0.205. The topological polar surface area (TPSA) is 73.0 Å². The van der Waals surface area contributed by atoms with Crippen molar-refractivity contribution in [1.82, 2.24) is 4.98 Å². The van der Waals surface area contributed by atoms with Gasteiger partial charge in [0.1, 0.15) is 5.82 Å². The molecule has 1 aromatic heterocycles. The number of nitrogens with zero attached hydrogens (tertiary/aromatic N) is 1. The summed E-state index contributed by atoms with van der Waals surface area (Å²) in [6.07, 6.45) is 1.72. The van der Waals surface area contributed by atoms with E-state index in [1.165, 1.54) is 6.20 Å². The van der Waals surface area contributed by atoms with E-state index in [4.69, 9.17) is 17.3 Å². The van der Waals surface area contributed by atoms with Gasteiger partial charge in [-0.2, -0.15) is 0 Å². The van der Waals surface area contributed by atoms with Crippen molar-refractivity contribution in [1.29, 1.82) is 0 Å². The number of pyridine rings is 1. The van der Waals surface area contributed by atoms with E-state index in [2.05, 4.69) is 20.9 Å². The van der Waals surface area contributed by atoms with Gasteiger partial charge >= 0.3 is 0 Å². The maximum atomic E-state index is 12.1. The predicted molar refractivity (Wildman–Crippen MR) is 85.7 cm³/mol. The highest BCUT2D eigenvalue weighted by Gasteiger charge is 2.14. The molecule has 0 bridgehead atoms. The number of benzene rings is 1. The summed E-state index contributed by atoms with van der Waals surface area (Å²) in [6, 6.07) is 8.19. The summed E-state index contributed by atoms with van der Waals surface area (Å²) in [5.41, 5.74) is 6.53. The van der Waals surface area contributed by atoms with Crippen molar-refractivity contribution in [3.05, 3.63) is 57.2 Å². The van der Waals surface area contributed by atoms with Crippen LogP contribution in [0.5, 0.6) is 0 Å². The first-order valence-corrected chi connectivity index (χ1v) is 7.37. The highest BCUT2D eigenvalue weighted by Crippen LogP contribution is 2.19. The number of halogens is 2. The Labute approximate surface area is 135 Å². The first-order valence-electron chi connectivity index (χ1n) is 6.20. The van der Waals surface area contributed by atoms with E-state index in [-0.39, 0.29) is 30.2 Å². The highest BCUT2D eigenvalue weighted by molar-refractivity contribution is 9.10. The molecule has 0 radical (unpaired) electrons. The zero-order chi connectivity index (χ0) is 15.4. The Bertz CT molecular complexity index is 687. The maximum Gasteiger partial charge on any atom is 0.167 e. The molecular formula is C15H12BrClN2O2. The molecule has 108 valence electrons.